The van der Waals surface area contributed by atoms with Gasteiger partial charge in [0.2, 0.25) is 0 Å². The molecular weight excluding hydrogens is 763 g/mol. The fourth-order valence-electron chi connectivity index (χ4n) is 3.15. The Balaban J connectivity index is 3.34. The van der Waals surface area contributed by atoms with Crippen LogP contribution in [0.3, 0.4) is 0 Å². The molecule has 0 aromatic heterocycles. The van der Waals surface area contributed by atoms with Crippen molar-refractivity contribution in [2.45, 2.75) is 86.8 Å². The number of aryl methyl sites for hydroxylation is 1. The third kappa shape index (κ3) is 6.91. The molecule has 0 aliphatic rings. The van der Waals surface area contributed by atoms with Crippen LogP contribution in [0, 0.1) is 0 Å². The summed E-state index contributed by atoms with van der Waals surface area (Å²) in [7, 11) is 11.5. The second-order valence-electron chi connectivity index (χ2n) is 8.85. The Bertz CT molecular complexity index is 1130. The molecule has 0 unspecified atom stereocenters. The zero-order valence-corrected chi connectivity index (χ0v) is 23.7. The fraction of sp³-hybridized carbons (Fsp3) is 0.667. The standard InChI is InChI=1S/C21H17F17O.2ClH.Ru/c1-10(2)39-13-7-6-12(9-11(13)3)5-4-8-14(22,23)15(24,25)16(26,27)17(28,29)18(30,31)19(32,33)20(34,35)21(36,37)38;;;/h3,6-7,9-10H,4-5,8H2,1-2H3;2*1H;/q;;;+2/p-2. The molecule has 21 heteroatoms. The Morgan fingerprint density at radius 3 is 1.52 bits per heavy atom. The molecular formula is C21H17Cl2F17ORu. The molecule has 1 nitrogen and oxygen atoms in total. The summed E-state index contributed by atoms with van der Waals surface area (Å²) in [4.78, 5) is 0. The molecule has 0 spiro atoms. The van der Waals surface area contributed by atoms with E-state index >= 15 is 0 Å². The third-order valence-corrected chi connectivity index (χ3v) is 7.20. The number of alkyl halides is 17. The van der Waals surface area contributed by atoms with Gasteiger partial charge in [-0.05, 0) is 0 Å². The SMILES string of the molecule is CC(C)Oc1ccc(CCCC(F)(F)C(F)(F)C(F)(F)C(F)(F)C(F)(F)C(F)(F)C(F)(F)C(F)(F)F)cc1[CH]=[Ru]([Cl])[Cl]. The van der Waals surface area contributed by atoms with Crippen LogP contribution in [-0.2, 0) is 19.9 Å². The molecule has 248 valence electrons. The van der Waals surface area contributed by atoms with Crippen molar-refractivity contribution in [3.63, 3.8) is 0 Å². The van der Waals surface area contributed by atoms with E-state index < -0.39 is 86.5 Å². The summed E-state index contributed by atoms with van der Waals surface area (Å²) in [5.41, 5.74) is 0.185. The van der Waals surface area contributed by atoms with E-state index in [1.165, 1.54) is 16.7 Å². The minimum atomic E-state index is -8.64. The molecule has 0 bridgehead atoms. The predicted octanol–water partition coefficient (Wildman–Crippen LogP) is 9.88. The van der Waals surface area contributed by atoms with Gasteiger partial charge in [-0.25, -0.2) is 0 Å². The van der Waals surface area contributed by atoms with E-state index in [0.29, 0.717) is 0 Å². The van der Waals surface area contributed by atoms with Crippen LogP contribution >= 0.6 is 19.4 Å². The summed E-state index contributed by atoms with van der Waals surface area (Å²) in [5, 5.41) is 0. The molecule has 0 fully saturated rings. The van der Waals surface area contributed by atoms with Gasteiger partial charge in [0.05, 0.1) is 0 Å². The van der Waals surface area contributed by atoms with Gasteiger partial charge in [-0.1, -0.05) is 0 Å². The second kappa shape index (κ2) is 12.4. The van der Waals surface area contributed by atoms with Crippen LogP contribution in [0.2, 0.25) is 0 Å². The molecule has 1 rings (SSSR count). The van der Waals surface area contributed by atoms with Crippen LogP contribution in [0.5, 0.6) is 5.75 Å². The van der Waals surface area contributed by atoms with E-state index in [1.54, 1.807) is 13.8 Å². The van der Waals surface area contributed by atoms with E-state index in [-0.39, 0.29) is 16.9 Å². The number of halogens is 19. The van der Waals surface area contributed by atoms with Crippen molar-refractivity contribution >= 4 is 24.0 Å². The molecule has 1 aromatic carbocycles. The normalized spacial score (nSPS) is 15.2. The maximum absolute atomic E-state index is 14.1. The van der Waals surface area contributed by atoms with Gasteiger partial charge in [-0.3, -0.25) is 0 Å². The molecule has 1 aromatic rings. The molecule has 0 heterocycles. The molecule has 42 heavy (non-hydrogen) atoms. The number of ether oxygens (including phenoxy) is 1. The molecule has 0 amide bonds. The van der Waals surface area contributed by atoms with E-state index in [2.05, 4.69) is 0 Å². The number of benzene rings is 1. The summed E-state index contributed by atoms with van der Waals surface area (Å²) in [5.74, 6) is -56.1. The molecule has 0 saturated heterocycles. The van der Waals surface area contributed by atoms with E-state index in [9.17, 15) is 74.6 Å². The van der Waals surface area contributed by atoms with Crippen LogP contribution in [-0.4, -0.2) is 58.3 Å². The summed E-state index contributed by atoms with van der Waals surface area (Å²) in [6, 6.07) is 3.59. The summed E-state index contributed by atoms with van der Waals surface area (Å²) in [6.07, 6.45) is -12.7. The fourth-order valence-corrected chi connectivity index (χ4v) is 4.93. The van der Waals surface area contributed by atoms with E-state index in [4.69, 9.17) is 24.1 Å². The van der Waals surface area contributed by atoms with Crippen molar-refractivity contribution in [1.29, 1.82) is 0 Å². The minimum absolute atomic E-state index is 0.00197. The topological polar surface area (TPSA) is 9.23 Å². The number of hydrogen-bond acceptors (Lipinski definition) is 1. The van der Waals surface area contributed by atoms with Crippen LogP contribution in [0.4, 0.5) is 74.6 Å². The number of rotatable bonds is 13. The Kier molecular flexibility index (Phi) is 11.5. The van der Waals surface area contributed by atoms with Crippen LogP contribution in [0.1, 0.15) is 37.8 Å². The average molecular weight is 780 g/mol. The first-order valence-electron chi connectivity index (χ1n) is 10.8. The van der Waals surface area contributed by atoms with Gasteiger partial charge < -0.3 is 0 Å². The van der Waals surface area contributed by atoms with Crippen LogP contribution in [0.15, 0.2) is 18.2 Å². The van der Waals surface area contributed by atoms with E-state index in [0.717, 1.165) is 6.07 Å². The predicted molar refractivity (Wildman–Crippen MR) is 113 cm³/mol. The summed E-state index contributed by atoms with van der Waals surface area (Å²) in [6.45, 7) is 3.21. The Labute approximate surface area is 238 Å². The van der Waals surface area contributed by atoms with Crippen LogP contribution < -0.4 is 4.74 Å². The first-order chi connectivity index (χ1) is 18.4. The molecule has 0 radical (unpaired) electrons. The Morgan fingerprint density at radius 2 is 1.12 bits per heavy atom. The number of hydrogen-bond donors (Lipinski definition) is 0. The van der Waals surface area contributed by atoms with Crippen molar-refractivity contribution in [3.05, 3.63) is 29.3 Å². The van der Waals surface area contributed by atoms with Gasteiger partial charge in [0, 0.05) is 0 Å². The quantitative estimate of drug-likeness (QED) is 0.143. The van der Waals surface area contributed by atoms with Gasteiger partial charge in [0.1, 0.15) is 0 Å². The molecule has 0 aliphatic carbocycles. The average Bonchev–Trinajstić information content (AvgIpc) is 2.78. The Hall–Kier alpha value is -1.10. The van der Waals surface area contributed by atoms with Gasteiger partial charge in [0.25, 0.3) is 0 Å². The first-order valence-corrected chi connectivity index (χ1v) is 16.2. The maximum atomic E-state index is 14.1. The van der Waals surface area contributed by atoms with E-state index in [1.807, 2.05) is 0 Å². The second-order valence-corrected chi connectivity index (χ2v) is 14.6. The zero-order chi connectivity index (χ0) is 33.5. The molecule has 0 saturated carbocycles. The van der Waals surface area contributed by atoms with Crippen molar-refractivity contribution in [2.75, 3.05) is 0 Å². The van der Waals surface area contributed by atoms with Crippen molar-refractivity contribution in [3.8, 4) is 5.75 Å². The zero-order valence-electron chi connectivity index (χ0n) is 20.5. The molecule has 0 N–H and O–H groups in total. The first kappa shape index (κ1) is 38.9. The Morgan fingerprint density at radius 1 is 0.690 bits per heavy atom. The molecule has 0 aliphatic heterocycles. The summed E-state index contributed by atoms with van der Waals surface area (Å²) >= 11 is -2.55. The van der Waals surface area contributed by atoms with Gasteiger partial charge in [0.15, 0.2) is 0 Å². The van der Waals surface area contributed by atoms with Crippen molar-refractivity contribution in [2.24, 2.45) is 0 Å². The summed E-state index contributed by atoms with van der Waals surface area (Å²) < 4.78 is 234. The third-order valence-electron chi connectivity index (χ3n) is 5.37. The van der Waals surface area contributed by atoms with Crippen molar-refractivity contribution in [1.82, 2.24) is 0 Å². The van der Waals surface area contributed by atoms with Crippen molar-refractivity contribution < 1.29 is 92.9 Å². The van der Waals surface area contributed by atoms with Gasteiger partial charge >= 0.3 is 199 Å². The van der Waals surface area contributed by atoms with Gasteiger partial charge in [-0.2, -0.15) is 39.5 Å². The monoisotopic (exact) mass is 780 g/mol. The van der Waals surface area contributed by atoms with Crippen LogP contribution in [0.25, 0.3) is 0 Å². The molecule has 0 atom stereocenters. The van der Waals surface area contributed by atoms with Gasteiger partial charge in [-0.15, -0.1) is 0 Å².